The molecule has 5 rings (SSSR count). The van der Waals surface area contributed by atoms with E-state index < -0.39 is 17.8 Å². The maximum Gasteiger partial charge on any atom is 0.331 e. The van der Waals surface area contributed by atoms with Crippen LogP contribution in [0.5, 0.6) is 0 Å². The van der Waals surface area contributed by atoms with Crippen LogP contribution in [-0.4, -0.2) is 27.3 Å². The molecule has 0 saturated carbocycles. The molecular weight excluding hydrogens is 437 g/mol. The molecule has 170 valence electrons. The summed E-state index contributed by atoms with van der Waals surface area (Å²) in [7, 11) is 0. The number of para-hydroxylation sites is 1. The van der Waals surface area contributed by atoms with Crippen molar-refractivity contribution in [3.05, 3.63) is 101 Å². The van der Waals surface area contributed by atoms with Gasteiger partial charge in [-0.2, -0.15) is 0 Å². The zero-order chi connectivity index (χ0) is 23.8. The number of carbonyl (C=O) groups excluding carboxylic acids is 3. The lowest BCUT2D eigenvalue weighted by Gasteiger charge is -2.25. The third kappa shape index (κ3) is 3.69. The van der Waals surface area contributed by atoms with Crippen molar-refractivity contribution in [1.29, 1.82) is 0 Å². The molecule has 3 heterocycles. The Morgan fingerprint density at radius 1 is 0.971 bits per heavy atom. The Labute approximate surface area is 194 Å². The predicted molar refractivity (Wildman–Crippen MR) is 123 cm³/mol. The average molecular weight is 457 g/mol. The molecule has 0 spiro atoms. The first-order valence-electron chi connectivity index (χ1n) is 10.7. The molecule has 0 aliphatic carbocycles. The predicted octanol–water partition coefficient (Wildman–Crippen LogP) is 4.39. The normalized spacial score (nSPS) is 15.4. The first kappa shape index (κ1) is 21.4. The Morgan fingerprint density at radius 3 is 2.50 bits per heavy atom. The quantitative estimate of drug-likeness (QED) is 0.356. The summed E-state index contributed by atoms with van der Waals surface area (Å²) >= 11 is 0. The molecule has 34 heavy (non-hydrogen) atoms. The van der Waals surface area contributed by atoms with E-state index in [1.807, 2.05) is 35.8 Å². The molecule has 2 aromatic carbocycles. The van der Waals surface area contributed by atoms with E-state index in [4.69, 9.17) is 4.42 Å². The number of nitrogens with one attached hydrogen (secondary N) is 1. The van der Waals surface area contributed by atoms with Gasteiger partial charge in [0.25, 0.3) is 11.8 Å². The van der Waals surface area contributed by atoms with Gasteiger partial charge in [-0.1, -0.05) is 36.4 Å². The summed E-state index contributed by atoms with van der Waals surface area (Å²) in [6.45, 7) is 2.03. The van der Waals surface area contributed by atoms with Crippen molar-refractivity contribution in [3.63, 3.8) is 0 Å². The second-order valence-corrected chi connectivity index (χ2v) is 7.98. The van der Waals surface area contributed by atoms with E-state index in [2.05, 4.69) is 5.32 Å². The molecule has 1 N–H and O–H groups in total. The lowest BCUT2D eigenvalue weighted by molar-refractivity contribution is -0.130. The summed E-state index contributed by atoms with van der Waals surface area (Å²) in [6, 6.07) is 16.5. The highest BCUT2D eigenvalue weighted by Gasteiger charge is 2.36. The van der Waals surface area contributed by atoms with Gasteiger partial charge in [0.05, 0.1) is 19.4 Å². The van der Waals surface area contributed by atoms with Crippen LogP contribution in [-0.2, 0) is 22.7 Å². The smallest absolute Gasteiger partial charge is 0.331 e. The highest BCUT2D eigenvalue weighted by atomic mass is 19.1. The van der Waals surface area contributed by atoms with Crippen LogP contribution >= 0.6 is 0 Å². The number of rotatable bonds is 5. The molecule has 2 aromatic heterocycles. The summed E-state index contributed by atoms with van der Waals surface area (Å²) < 4.78 is 21.5. The zero-order valence-corrected chi connectivity index (χ0v) is 18.2. The highest BCUT2D eigenvalue weighted by molar-refractivity contribution is 6.31. The number of hydrogen-bond donors (Lipinski definition) is 1. The van der Waals surface area contributed by atoms with Crippen LogP contribution in [0.1, 0.15) is 22.6 Å². The Kier molecular flexibility index (Phi) is 5.33. The van der Waals surface area contributed by atoms with Gasteiger partial charge in [0.15, 0.2) is 0 Å². The zero-order valence-electron chi connectivity index (χ0n) is 18.2. The second kappa shape index (κ2) is 8.47. The summed E-state index contributed by atoms with van der Waals surface area (Å²) in [6.07, 6.45) is 2.94. The minimum Gasteiger partial charge on any atom is -0.467 e. The summed E-state index contributed by atoms with van der Waals surface area (Å²) in [5.74, 6) is -1.38. The van der Waals surface area contributed by atoms with Gasteiger partial charge in [0.1, 0.15) is 17.2 Å². The molecule has 1 fully saturated rings. The topological polar surface area (TPSA) is 84.6 Å². The molecule has 0 atom stereocenters. The maximum absolute atomic E-state index is 14.4. The SMILES string of the molecule is Cc1c(C=C2C(=O)NC(=O)N(Cc3ccco3)C2=O)c2ccccc2n1Cc1ccccc1F. The molecular formula is C26H20FN3O4. The second-order valence-electron chi connectivity index (χ2n) is 7.98. The third-order valence-electron chi connectivity index (χ3n) is 5.93. The lowest BCUT2D eigenvalue weighted by atomic mass is 10.0. The van der Waals surface area contributed by atoms with Gasteiger partial charge in [-0.15, -0.1) is 0 Å². The van der Waals surface area contributed by atoms with Crippen molar-refractivity contribution < 1.29 is 23.2 Å². The summed E-state index contributed by atoms with van der Waals surface area (Å²) in [5, 5.41) is 3.03. The van der Waals surface area contributed by atoms with E-state index in [-0.39, 0.29) is 24.5 Å². The van der Waals surface area contributed by atoms with Gasteiger partial charge >= 0.3 is 6.03 Å². The largest absolute Gasteiger partial charge is 0.467 e. The Hall–Kier alpha value is -4.46. The monoisotopic (exact) mass is 457 g/mol. The lowest BCUT2D eigenvalue weighted by Crippen LogP contribution is -2.53. The first-order valence-corrected chi connectivity index (χ1v) is 10.7. The number of halogens is 1. The van der Waals surface area contributed by atoms with E-state index in [0.717, 1.165) is 21.5 Å². The van der Waals surface area contributed by atoms with Crippen LogP contribution in [0.3, 0.4) is 0 Å². The van der Waals surface area contributed by atoms with Gasteiger partial charge in [0.2, 0.25) is 0 Å². The average Bonchev–Trinajstić information content (AvgIpc) is 3.43. The first-order chi connectivity index (χ1) is 16.4. The Morgan fingerprint density at radius 2 is 1.74 bits per heavy atom. The van der Waals surface area contributed by atoms with Gasteiger partial charge in [0, 0.05) is 27.7 Å². The van der Waals surface area contributed by atoms with E-state index in [0.29, 0.717) is 16.9 Å². The number of fused-ring (bicyclic) bond motifs is 1. The van der Waals surface area contributed by atoms with E-state index >= 15 is 0 Å². The molecule has 1 saturated heterocycles. The highest BCUT2D eigenvalue weighted by Crippen LogP contribution is 2.30. The molecule has 0 bridgehead atoms. The standard InChI is InChI=1S/C26H20FN3O4/c1-16-20(13-21-24(31)28-26(33)30(25(21)32)15-18-8-6-12-34-18)19-9-3-5-11-23(19)29(16)14-17-7-2-4-10-22(17)27/h2-13H,14-15H2,1H3,(H,28,31,33). The number of benzene rings is 2. The number of carbonyl (C=O) groups is 3. The number of aromatic nitrogens is 1. The third-order valence-corrected chi connectivity index (χ3v) is 5.93. The van der Waals surface area contributed by atoms with Crippen LogP contribution in [0, 0.1) is 12.7 Å². The van der Waals surface area contributed by atoms with Crippen LogP contribution in [0.4, 0.5) is 9.18 Å². The Balaban J connectivity index is 1.58. The minimum atomic E-state index is -0.803. The number of amides is 4. The molecule has 8 heteroatoms. The van der Waals surface area contributed by atoms with Gasteiger partial charge < -0.3 is 8.98 Å². The van der Waals surface area contributed by atoms with Crippen LogP contribution in [0.2, 0.25) is 0 Å². The van der Waals surface area contributed by atoms with Gasteiger partial charge in [-0.25, -0.2) is 9.18 Å². The number of urea groups is 1. The maximum atomic E-state index is 14.4. The van der Waals surface area contributed by atoms with E-state index in [1.54, 1.807) is 30.3 Å². The van der Waals surface area contributed by atoms with Gasteiger partial charge in [-0.3, -0.25) is 19.8 Å². The van der Waals surface area contributed by atoms with Crippen molar-refractivity contribution >= 4 is 34.8 Å². The fraction of sp³-hybridized carbons (Fsp3) is 0.115. The number of barbiturate groups is 1. The molecule has 0 unspecified atom stereocenters. The molecule has 7 nitrogen and oxygen atoms in total. The number of imide groups is 2. The fourth-order valence-corrected chi connectivity index (χ4v) is 4.18. The molecule has 4 aromatic rings. The summed E-state index contributed by atoms with van der Waals surface area (Å²) in [4.78, 5) is 39.0. The van der Waals surface area contributed by atoms with Crippen molar-refractivity contribution in [1.82, 2.24) is 14.8 Å². The Bertz CT molecular complexity index is 1470. The van der Waals surface area contributed by atoms with Crippen molar-refractivity contribution in [2.24, 2.45) is 0 Å². The summed E-state index contributed by atoms with van der Waals surface area (Å²) in [5.41, 5.74) is 2.60. The minimum absolute atomic E-state index is 0.101. The van der Waals surface area contributed by atoms with Crippen molar-refractivity contribution in [2.75, 3.05) is 0 Å². The number of furan rings is 1. The van der Waals surface area contributed by atoms with Gasteiger partial charge in [-0.05, 0) is 37.3 Å². The molecule has 1 aliphatic heterocycles. The number of nitrogens with zero attached hydrogens (tertiary/aromatic N) is 2. The van der Waals surface area contributed by atoms with E-state index in [9.17, 15) is 18.8 Å². The van der Waals surface area contributed by atoms with Crippen LogP contribution < -0.4 is 5.32 Å². The van der Waals surface area contributed by atoms with Crippen LogP contribution in [0.25, 0.3) is 17.0 Å². The van der Waals surface area contributed by atoms with Crippen molar-refractivity contribution in [2.45, 2.75) is 20.0 Å². The molecule has 1 aliphatic rings. The van der Waals surface area contributed by atoms with E-state index in [1.165, 1.54) is 18.4 Å². The molecule has 4 amide bonds. The number of hydrogen-bond acceptors (Lipinski definition) is 4. The van der Waals surface area contributed by atoms with Crippen LogP contribution in [0.15, 0.2) is 76.9 Å². The van der Waals surface area contributed by atoms with Crippen molar-refractivity contribution in [3.8, 4) is 0 Å². The molecule has 0 radical (unpaired) electrons. The fourth-order valence-electron chi connectivity index (χ4n) is 4.18.